The molecule has 2 aromatic rings. The maximum atomic E-state index is 11.8. The van der Waals surface area contributed by atoms with E-state index in [1.165, 1.54) is 6.08 Å². The largest absolute Gasteiger partial charge is 0.289 e. The summed E-state index contributed by atoms with van der Waals surface area (Å²) >= 11 is 0. The minimum Gasteiger partial charge on any atom is -0.289 e. The monoisotopic (exact) mass is 230 g/mol. The van der Waals surface area contributed by atoms with Gasteiger partial charge >= 0.3 is 0 Å². The van der Waals surface area contributed by atoms with Crippen LogP contribution < -0.4 is 0 Å². The summed E-state index contributed by atoms with van der Waals surface area (Å²) < 4.78 is 3.42. The second-order valence-electron chi connectivity index (χ2n) is 3.73. The lowest BCUT2D eigenvalue weighted by Gasteiger charge is -1.90. The van der Waals surface area contributed by atoms with Gasteiger partial charge in [-0.3, -0.25) is 14.2 Å². The van der Waals surface area contributed by atoms with Crippen LogP contribution in [0.5, 0.6) is 0 Å². The van der Waals surface area contributed by atoms with Gasteiger partial charge in [0.1, 0.15) is 0 Å². The maximum Gasteiger partial charge on any atom is 0.189 e. The molecule has 0 aliphatic heterocycles. The Hall–Kier alpha value is -2.17. The highest BCUT2D eigenvalue weighted by Gasteiger charge is 2.04. The third kappa shape index (κ3) is 2.69. The molecule has 2 rings (SSSR count). The number of carbonyl (C=O) groups excluding carboxylic acids is 1. The van der Waals surface area contributed by atoms with E-state index in [0.29, 0.717) is 5.56 Å². The first kappa shape index (κ1) is 11.3. The van der Waals surface area contributed by atoms with Gasteiger partial charge in [0.15, 0.2) is 5.78 Å². The number of ketones is 1. The van der Waals surface area contributed by atoms with E-state index in [0.717, 1.165) is 12.1 Å². The van der Waals surface area contributed by atoms with E-state index in [2.05, 4.69) is 10.2 Å². The minimum atomic E-state index is -0.0476. The maximum absolute atomic E-state index is 11.8. The van der Waals surface area contributed by atoms with Crippen molar-refractivity contribution in [3.05, 3.63) is 42.0 Å². The first-order valence-corrected chi connectivity index (χ1v) is 5.42. The fraction of sp³-hybridized carbons (Fsp3) is 0.250. The van der Waals surface area contributed by atoms with Crippen LogP contribution in [0.4, 0.5) is 0 Å². The van der Waals surface area contributed by atoms with E-state index in [1.54, 1.807) is 34.0 Å². The van der Waals surface area contributed by atoms with Gasteiger partial charge in [0.2, 0.25) is 0 Å². The lowest BCUT2D eigenvalue weighted by Crippen LogP contribution is -1.94. The van der Waals surface area contributed by atoms with E-state index in [4.69, 9.17) is 0 Å². The Kier molecular flexibility index (Phi) is 3.18. The summed E-state index contributed by atoms with van der Waals surface area (Å²) in [6.45, 7) is 2.74. The molecule has 5 heteroatoms. The van der Waals surface area contributed by atoms with Crippen molar-refractivity contribution < 1.29 is 4.79 Å². The summed E-state index contributed by atoms with van der Waals surface area (Å²) in [5, 5.41) is 8.08. The van der Waals surface area contributed by atoms with Crippen molar-refractivity contribution in [1.82, 2.24) is 19.6 Å². The Bertz CT molecular complexity index is 550. The van der Waals surface area contributed by atoms with Gasteiger partial charge in [-0.25, -0.2) is 0 Å². The zero-order chi connectivity index (χ0) is 12.3. The molecule has 17 heavy (non-hydrogen) atoms. The first-order chi connectivity index (χ1) is 8.19. The Morgan fingerprint density at radius 3 is 2.76 bits per heavy atom. The number of nitrogens with zero attached hydrogens (tertiary/aromatic N) is 4. The molecule has 0 bridgehead atoms. The van der Waals surface area contributed by atoms with E-state index in [9.17, 15) is 4.79 Å². The standard InChI is InChI=1S/C12H14N4O/c1-3-16-9-11(7-14-16)12(17)5-4-10-6-13-15(2)8-10/h4-9H,3H2,1-2H3. The van der Waals surface area contributed by atoms with Crippen molar-refractivity contribution in [3.8, 4) is 0 Å². The van der Waals surface area contributed by atoms with Crippen LogP contribution in [-0.4, -0.2) is 25.3 Å². The van der Waals surface area contributed by atoms with Gasteiger partial charge in [0.25, 0.3) is 0 Å². The minimum absolute atomic E-state index is 0.0476. The topological polar surface area (TPSA) is 52.7 Å². The quantitative estimate of drug-likeness (QED) is 0.591. The van der Waals surface area contributed by atoms with Gasteiger partial charge in [-0.2, -0.15) is 10.2 Å². The molecule has 0 aliphatic rings. The molecule has 0 saturated carbocycles. The van der Waals surface area contributed by atoms with Crippen LogP contribution in [0.2, 0.25) is 0 Å². The molecule has 0 spiro atoms. The van der Waals surface area contributed by atoms with Gasteiger partial charge in [-0.05, 0) is 19.1 Å². The summed E-state index contributed by atoms with van der Waals surface area (Å²) in [4.78, 5) is 11.8. The highest BCUT2D eigenvalue weighted by Crippen LogP contribution is 2.04. The van der Waals surface area contributed by atoms with Crippen molar-refractivity contribution in [2.45, 2.75) is 13.5 Å². The molecule has 0 fully saturated rings. The number of aryl methyl sites for hydroxylation is 2. The fourth-order valence-electron chi connectivity index (χ4n) is 1.46. The average Bonchev–Trinajstić information content (AvgIpc) is 2.94. The lowest BCUT2D eigenvalue weighted by atomic mass is 10.2. The van der Waals surface area contributed by atoms with Crippen LogP contribution in [0.25, 0.3) is 6.08 Å². The van der Waals surface area contributed by atoms with Gasteiger partial charge in [0.05, 0.1) is 18.0 Å². The van der Waals surface area contributed by atoms with Crippen LogP contribution in [0.15, 0.2) is 30.9 Å². The zero-order valence-electron chi connectivity index (χ0n) is 9.87. The third-order valence-electron chi connectivity index (χ3n) is 2.39. The van der Waals surface area contributed by atoms with Gasteiger partial charge in [-0.15, -0.1) is 0 Å². The van der Waals surface area contributed by atoms with Crippen LogP contribution in [-0.2, 0) is 13.6 Å². The Labute approximate surface area is 99.4 Å². The second kappa shape index (κ2) is 4.78. The molecule has 0 aliphatic carbocycles. The van der Waals surface area contributed by atoms with Crippen molar-refractivity contribution in [2.24, 2.45) is 7.05 Å². The van der Waals surface area contributed by atoms with Crippen molar-refractivity contribution >= 4 is 11.9 Å². The predicted octanol–water partition coefficient (Wildman–Crippen LogP) is 1.53. The highest BCUT2D eigenvalue weighted by atomic mass is 16.1. The van der Waals surface area contributed by atoms with Crippen LogP contribution >= 0.6 is 0 Å². The molecule has 0 radical (unpaired) electrons. The molecule has 0 unspecified atom stereocenters. The molecule has 88 valence electrons. The second-order valence-corrected chi connectivity index (χ2v) is 3.73. The molecule has 0 atom stereocenters. The number of hydrogen-bond donors (Lipinski definition) is 0. The Morgan fingerprint density at radius 1 is 1.35 bits per heavy atom. The highest BCUT2D eigenvalue weighted by molar-refractivity contribution is 6.06. The van der Waals surface area contributed by atoms with Gasteiger partial charge < -0.3 is 0 Å². The number of aromatic nitrogens is 4. The van der Waals surface area contributed by atoms with E-state index in [1.807, 2.05) is 20.2 Å². The SMILES string of the molecule is CCn1cc(C(=O)C=Cc2cnn(C)c2)cn1. The Balaban J connectivity index is 2.08. The molecule has 0 amide bonds. The van der Waals surface area contributed by atoms with Crippen LogP contribution in [0.1, 0.15) is 22.8 Å². The third-order valence-corrected chi connectivity index (χ3v) is 2.39. The smallest absolute Gasteiger partial charge is 0.189 e. The molecule has 0 aromatic carbocycles. The average molecular weight is 230 g/mol. The van der Waals surface area contributed by atoms with E-state index < -0.39 is 0 Å². The van der Waals surface area contributed by atoms with Crippen molar-refractivity contribution in [2.75, 3.05) is 0 Å². The molecule has 2 heterocycles. The van der Waals surface area contributed by atoms with Crippen molar-refractivity contribution in [3.63, 3.8) is 0 Å². The summed E-state index contributed by atoms with van der Waals surface area (Å²) in [5.41, 5.74) is 1.51. The van der Waals surface area contributed by atoms with E-state index >= 15 is 0 Å². The number of allylic oxidation sites excluding steroid dienone is 1. The normalized spacial score (nSPS) is 11.2. The summed E-state index contributed by atoms with van der Waals surface area (Å²) in [6.07, 6.45) is 10.2. The first-order valence-electron chi connectivity index (χ1n) is 5.42. The summed E-state index contributed by atoms with van der Waals surface area (Å²) in [6, 6.07) is 0. The molecule has 2 aromatic heterocycles. The Morgan fingerprint density at radius 2 is 2.18 bits per heavy atom. The van der Waals surface area contributed by atoms with Crippen molar-refractivity contribution in [1.29, 1.82) is 0 Å². The number of rotatable bonds is 4. The van der Waals surface area contributed by atoms with Gasteiger partial charge in [0, 0.05) is 31.5 Å². The predicted molar refractivity (Wildman–Crippen MR) is 64.5 cm³/mol. The lowest BCUT2D eigenvalue weighted by molar-refractivity contribution is 0.104. The summed E-state index contributed by atoms with van der Waals surface area (Å²) in [5.74, 6) is -0.0476. The molecular weight excluding hydrogens is 216 g/mol. The summed E-state index contributed by atoms with van der Waals surface area (Å²) in [7, 11) is 1.84. The molecular formula is C12H14N4O. The fourth-order valence-corrected chi connectivity index (χ4v) is 1.46. The van der Waals surface area contributed by atoms with Crippen LogP contribution in [0.3, 0.4) is 0 Å². The number of carbonyl (C=O) groups is 1. The van der Waals surface area contributed by atoms with E-state index in [-0.39, 0.29) is 5.78 Å². The van der Waals surface area contributed by atoms with Crippen LogP contribution in [0, 0.1) is 0 Å². The zero-order valence-corrected chi connectivity index (χ0v) is 9.87. The molecule has 0 N–H and O–H groups in total. The van der Waals surface area contributed by atoms with Gasteiger partial charge in [-0.1, -0.05) is 0 Å². The molecule has 5 nitrogen and oxygen atoms in total. The molecule has 0 saturated heterocycles. The number of hydrogen-bond acceptors (Lipinski definition) is 3.